The Morgan fingerprint density at radius 3 is 1.82 bits per heavy atom. The van der Waals surface area contributed by atoms with E-state index in [1.54, 1.807) is 18.2 Å². The van der Waals surface area contributed by atoms with Crippen molar-refractivity contribution in [3.63, 3.8) is 0 Å². The monoisotopic (exact) mass is 554 g/mol. The number of phenolic OH excluding ortho intramolecular Hbond substituents is 2. The molecule has 10 heteroatoms. The summed E-state index contributed by atoms with van der Waals surface area (Å²) in [6.45, 7) is 0.558. The second kappa shape index (κ2) is 11.8. The van der Waals surface area contributed by atoms with Gasteiger partial charge in [-0.15, -0.1) is 0 Å². The number of aliphatic hydroxyl groups is 2. The van der Waals surface area contributed by atoms with Gasteiger partial charge in [0.05, 0.1) is 53.4 Å². The van der Waals surface area contributed by atoms with Crippen LogP contribution in [-0.2, 0) is 9.47 Å². The lowest BCUT2D eigenvalue weighted by Gasteiger charge is -2.25. The summed E-state index contributed by atoms with van der Waals surface area (Å²) in [5.41, 5.74) is 2.23. The van der Waals surface area contributed by atoms with Crippen molar-refractivity contribution in [2.45, 2.75) is 24.4 Å². The van der Waals surface area contributed by atoms with Crippen molar-refractivity contribution >= 4 is 0 Å². The largest absolute Gasteiger partial charge is 0.504 e. The third kappa shape index (κ3) is 5.23. The summed E-state index contributed by atoms with van der Waals surface area (Å²) in [4.78, 5) is 0. The van der Waals surface area contributed by atoms with Crippen LogP contribution in [0.5, 0.6) is 34.5 Å². The molecule has 5 rings (SSSR count). The maximum absolute atomic E-state index is 10.9. The first-order chi connectivity index (χ1) is 19.4. The third-order valence-corrected chi connectivity index (χ3v) is 7.67. The van der Waals surface area contributed by atoms with Crippen LogP contribution in [0.4, 0.5) is 0 Å². The standard InChI is InChI=1S/C30H34O10/c1-35-24-10-16(4-7-21(24)32)28(34)27(13-31)40-23-9-6-18(12-26(23)37-3)30-20-15-38-29(19(20)14-39-30)17-5-8-22(33)25(11-17)36-2/h4-12,19-20,27-34H,13-15H2,1-3H3/t19-,20-,27+,28-,29+,30+/m1/s1. The summed E-state index contributed by atoms with van der Waals surface area (Å²) >= 11 is 0. The molecule has 40 heavy (non-hydrogen) atoms. The van der Waals surface area contributed by atoms with Crippen LogP contribution in [-0.4, -0.2) is 67.7 Å². The van der Waals surface area contributed by atoms with Gasteiger partial charge in [-0.25, -0.2) is 0 Å². The summed E-state index contributed by atoms with van der Waals surface area (Å²) < 4.78 is 34.4. The molecule has 0 aliphatic carbocycles. The maximum Gasteiger partial charge on any atom is 0.161 e. The molecule has 2 heterocycles. The summed E-state index contributed by atoms with van der Waals surface area (Å²) in [6, 6.07) is 15.1. The Morgan fingerprint density at radius 1 is 0.725 bits per heavy atom. The van der Waals surface area contributed by atoms with Crippen molar-refractivity contribution < 1.29 is 48.8 Å². The zero-order valence-corrected chi connectivity index (χ0v) is 22.5. The fourth-order valence-corrected chi connectivity index (χ4v) is 5.52. The molecular weight excluding hydrogens is 520 g/mol. The van der Waals surface area contributed by atoms with Gasteiger partial charge in [0.1, 0.15) is 6.10 Å². The number of aliphatic hydroxyl groups excluding tert-OH is 2. The van der Waals surface area contributed by atoms with Gasteiger partial charge in [0, 0.05) is 11.8 Å². The molecule has 4 N–H and O–H groups in total. The molecule has 3 aromatic carbocycles. The molecule has 6 atom stereocenters. The number of benzene rings is 3. The normalized spacial score (nSPS) is 23.3. The lowest BCUT2D eigenvalue weighted by molar-refractivity contribution is -0.000695. The van der Waals surface area contributed by atoms with Crippen molar-refractivity contribution in [2.75, 3.05) is 41.2 Å². The van der Waals surface area contributed by atoms with E-state index in [4.69, 9.17) is 28.4 Å². The van der Waals surface area contributed by atoms with Gasteiger partial charge in [0.25, 0.3) is 0 Å². The van der Waals surface area contributed by atoms with E-state index in [9.17, 15) is 20.4 Å². The van der Waals surface area contributed by atoms with Crippen molar-refractivity contribution in [2.24, 2.45) is 11.8 Å². The van der Waals surface area contributed by atoms with Crippen LogP contribution in [0.3, 0.4) is 0 Å². The Labute approximate surface area is 232 Å². The molecule has 2 aliphatic heterocycles. The van der Waals surface area contributed by atoms with Gasteiger partial charge < -0.3 is 48.8 Å². The maximum atomic E-state index is 10.9. The number of hydrogen-bond acceptors (Lipinski definition) is 10. The van der Waals surface area contributed by atoms with Crippen LogP contribution in [0, 0.1) is 11.8 Å². The van der Waals surface area contributed by atoms with Crippen molar-refractivity contribution in [1.82, 2.24) is 0 Å². The molecule has 0 bridgehead atoms. The first kappa shape index (κ1) is 27.9. The zero-order chi connectivity index (χ0) is 28.4. The molecule has 0 amide bonds. The van der Waals surface area contributed by atoms with Gasteiger partial charge >= 0.3 is 0 Å². The first-order valence-corrected chi connectivity index (χ1v) is 13.0. The minimum Gasteiger partial charge on any atom is -0.504 e. The van der Waals surface area contributed by atoms with Crippen LogP contribution < -0.4 is 18.9 Å². The predicted octanol–water partition coefficient (Wildman–Crippen LogP) is 3.67. The van der Waals surface area contributed by atoms with Crippen LogP contribution in [0.2, 0.25) is 0 Å². The summed E-state index contributed by atoms with van der Waals surface area (Å²) in [7, 11) is 4.45. The number of hydrogen-bond donors (Lipinski definition) is 4. The van der Waals surface area contributed by atoms with Crippen molar-refractivity contribution in [1.29, 1.82) is 0 Å². The van der Waals surface area contributed by atoms with Crippen LogP contribution >= 0.6 is 0 Å². The number of aromatic hydroxyl groups is 2. The molecule has 2 fully saturated rings. The molecule has 2 saturated heterocycles. The van der Waals surface area contributed by atoms with E-state index in [2.05, 4.69) is 0 Å². The van der Waals surface area contributed by atoms with E-state index in [1.807, 2.05) is 18.2 Å². The third-order valence-electron chi connectivity index (χ3n) is 7.67. The fourth-order valence-electron chi connectivity index (χ4n) is 5.52. The van der Waals surface area contributed by atoms with E-state index in [0.29, 0.717) is 36.0 Å². The van der Waals surface area contributed by atoms with Crippen LogP contribution in [0.15, 0.2) is 54.6 Å². The highest BCUT2D eigenvalue weighted by Crippen LogP contribution is 2.51. The van der Waals surface area contributed by atoms with Gasteiger partial charge in [0.15, 0.2) is 40.6 Å². The number of ether oxygens (including phenoxy) is 6. The fraction of sp³-hybridized carbons (Fsp3) is 0.400. The molecule has 0 saturated carbocycles. The molecule has 214 valence electrons. The van der Waals surface area contributed by atoms with Crippen LogP contribution in [0.25, 0.3) is 0 Å². The minimum absolute atomic E-state index is 0.0599. The quantitative estimate of drug-likeness (QED) is 0.294. The minimum atomic E-state index is -1.20. The Hall–Kier alpha value is -3.70. The molecule has 3 aromatic rings. The Kier molecular flexibility index (Phi) is 8.22. The molecule has 0 unspecified atom stereocenters. The predicted molar refractivity (Wildman–Crippen MR) is 143 cm³/mol. The van der Waals surface area contributed by atoms with E-state index < -0.39 is 18.8 Å². The van der Waals surface area contributed by atoms with Gasteiger partial charge in [-0.3, -0.25) is 0 Å². The molecule has 0 aromatic heterocycles. The second-order valence-corrected chi connectivity index (χ2v) is 9.89. The van der Waals surface area contributed by atoms with E-state index in [-0.39, 0.29) is 41.3 Å². The average Bonchev–Trinajstić information content (AvgIpc) is 3.59. The number of rotatable bonds is 10. The second-order valence-electron chi connectivity index (χ2n) is 9.89. The van der Waals surface area contributed by atoms with Crippen molar-refractivity contribution in [3.8, 4) is 34.5 Å². The zero-order valence-electron chi connectivity index (χ0n) is 22.5. The lowest BCUT2D eigenvalue weighted by atomic mass is 9.85. The number of fused-ring (bicyclic) bond motifs is 1. The van der Waals surface area contributed by atoms with Crippen LogP contribution in [0.1, 0.15) is 35.0 Å². The summed E-state index contributed by atoms with van der Waals surface area (Å²) in [6.07, 6.45) is -2.61. The summed E-state index contributed by atoms with van der Waals surface area (Å²) in [5, 5.41) is 40.7. The van der Waals surface area contributed by atoms with E-state index in [1.165, 1.54) is 39.5 Å². The molecule has 10 nitrogen and oxygen atoms in total. The van der Waals surface area contributed by atoms with Gasteiger partial charge in [0.2, 0.25) is 0 Å². The van der Waals surface area contributed by atoms with Gasteiger partial charge in [-0.2, -0.15) is 0 Å². The van der Waals surface area contributed by atoms with Gasteiger partial charge in [-0.1, -0.05) is 18.2 Å². The molecular formula is C30H34O10. The smallest absolute Gasteiger partial charge is 0.161 e. The highest BCUT2D eigenvalue weighted by molar-refractivity contribution is 5.46. The Balaban J connectivity index is 1.32. The molecule has 0 radical (unpaired) electrons. The van der Waals surface area contributed by atoms with E-state index in [0.717, 1.165) is 11.1 Å². The Morgan fingerprint density at radius 2 is 1.25 bits per heavy atom. The molecule has 2 aliphatic rings. The SMILES string of the molecule is COc1cc([C@@H](O)[C@H](CO)Oc2ccc([C@@H]3OC[C@@H]4[C@H]3CO[C@H]4c3ccc(O)c(OC)c3)cc2OC)ccc1O. The highest BCUT2D eigenvalue weighted by atomic mass is 16.5. The summed E-state index contributed by atoms with van der Waals surface area (Å²) in [5.74, 6) is 1.63. The molecule has 0 spiro atoms. The number of phenols is 2. The average molecular weight is 555 g/mol. The lowest BCUT2D eigenvalue weighted by Crippen LogP contribution is -2.29. The highest BCUT2D eigenvalue weighted by Gasteiger charge is 2.48. The Bertz CT molecular complexity index is 1330. The van der Waals surface area contributed by atoms with Gasteiger partial charge in [-0.05, 0) is 53.1 Å². The first-order valence-electron chi connectivity index (χ1n) is 13.0. The topological polar surface area (TPSA) is 136 Å². The van der Waals surface area contributed by atoms with Crippen molar-refractivity contribution in [3.05, 3.63) is 71.3 Å². The number of methoxy groups -OCH3 is 3. The van der Waals surface area contributed by atoms with E-state index >= 15 is 0 Å².